The van der Waals surface area contributed by atoms with Crippen LogP contribution >= 0.6 is 0 Å². The lowest BCUT2D eigenvalue weighted by Crippen LogP contribution is -2.35. The van der Waals surface area contributed by atoms with Gasteiger partial charge >= 0.3 is 0 Å². The van der Waals surface area contributed by atoms with Crippen LogP contribution in [0.25, 0.3) is 0 Å². The van der Waals surface area contributed by atoms with E-state index in [4.69, 9.17) is 0 Å². The average Bonchev–Trinajstić information content (AvgIpc) is 2.40. The summed E-state index contributed by atoms with van der Waals surface area (Å²) < 4.78 is 0. The van der Waals surface area contributed by atoms with Crippen LogP contribution in [0.3, 0.4) is 0 Å². The summed E-state index contributed by atoms with van der Waals surface area (Å²) >= 11 is 0. The lowest BCUT2D eigenvalue weighted by Gasteiger charge is -2.31. The molecule has 1 aromatic rings. The second kappa shape index (κ2) is 6.80. The number of hydrogen-bond acceptors (Lipinski definition) is 1. The van der Waals surface area contributed by atoms with Gasteiger partial charge in [0, 0.05) is 6.54 Å². The molecule has 1 fully saturated rings. The fraction of sp³-hybridized carbons (Fsp3) is 0.625. The van der Waals surface area contributed by atoms with Crippen LogP contribution in [0.4, 0.5) is 0 Å². The molecule has 0 spiro atoms. The maximum absolute atomic E-state index is 2.64. The highest BCUT2D eigenvalue weighted by Crippen LogP contribution is 2.21. The third-order valence-electron chi connectivity index (χ3n) is 3.96. The standard InChI is InChI=1S/C16H25N/c1-2-6-15-9-12-17(13-10-15)14-11-16-7-4-3-5-8-16/h3-5,7-8,15H,2,6,9-14H2,1H3. The van der Waals surface area contributed by atoms with Crippen molar-refractivity contribution in [3.8, 4) is 0 Å². The Bertz CT molecular complexity index is 299. The number of piperidine rings is 1. The first-order chi connectivity index (χ1) is 8.38. The van der Waals surface area contributed by atoms with Gasteiger partial charge in [-0.2, -0.15) is 0 Å². The second-order valence-corrected chi connectivity index (χ2v) is 5.31. The fourth-order valence-electron chi connectivity index (χ4n) is 2.84. The zero-order valence-electron chi connectivity index (χ0n) is 11.1. The van der Waals surface area contributed by atoms with Crippen LogP contribution in [-0.4, -0.2) is 24.5 Å². The van der Waals surface area contributed by atoms with Gasteiger partial charge < -0.3 is 4.90 Å². The lowest BCUT2D eigenvalue weighted by molar-refractivity contribution is 0.180. The van der Waals surface area contributed by atoms with E-state index in [9.17, 15) is 0 Å². The van der Waals surface area contributed by atoms with Gasteiger partial charge in [-0.1, -0.05) is 50.1 Å². The van der Waals surface area contributed by atoms with Crippen LogP contribution in [-0.2, 0) is 6.42 Å². The van der Waals surface area contributed by atoms with E-state index < -0.39 is 0 Å². The predicted octanol–water partition coefficient (Wildman–Crippen LogP) is 3.74. The Morgan fingerprint density at radius 3 is 2.47 bits per heavy atom. The number of benzene rings is 1. The van der Waals surface area contributed by atoms with Crippen molar-refractivity contribution in [3.05, 3.63) is 35.9 Å². The summed E-state index contributed by atoms with van der Waals surface area (Å²) in [7, 11) is 0. The van der Waals surface area contributed by atoms with E-state index in [1.54, 1.807) is 0 Å². The van der Waals surface area contributed by atoms with Crippen molar-refractivity contribution in [2.45, 2.75) is 39.0 Å². The van der Waals surface area contributed by atoms with Crippen LogP contribution in [0.5, 0.6) is 0 Å². The molecule has 94 valence electrons. The van der Waals surface area contributed by atoms with E-state index in [-0.39, 0.29) is 0 Å². The summed E-state index contributed by atoms with van der Waals surface area (Å²) in [5.74, 6) is 1.01. The monoisotopic (exact) mass is 231 g/mol. The van der Waals surface area contributed by atoms with Gasteiger partial charge in [-0.15, -0.1) is 0 Å². The molecule has 1 nitrogen and oxygen atoms in total. The van der Waals surface area contributed by atoms with E-state index in [2.05, 4.69) is 42.2 Å². The molecule has 0 radical (unpaired) electrons. The minimum absolute atomic E-state index is 1.01. The quantitative estimate of drug-likeness (QED) is 0.746. The van der Waals surface area contributed by atoms with Gasteiger partial charge in [-0.25, -0.2) is 0 Å². The van der Waals surface area contributed by atoms with E-state index in [0.717, 1.165) is 5.92 Å². The van der Waals surface area contributed by atoms with Gasteiger partial charge in [0.25, 0.3) is 0 Å². The Morgan fingerprint density at radius 2 is 1.82 bits per heavy atom. The van der Waals surface area contributed by atoms with Crippen molar-refractivity contribution in [1.82, 2.24) is 4.90 Å². The first-order valence-corrected chi connectivity index (χ1v) is 7.14. The van der Waals surface area contributed by atoms with Crippen molar-refractivity contribution in [3.63, 3.8) is 0 Å². The van der Waals surface area contributed by atoms with E-state index in [1.165, 1.54) is 57.3 Å². The third kappa shape index (κ3) is 4.16. The SMILES string of the molecule is CCCC1CCN(CCc2ccccc2)CC1. The minimum Gasteiger partial charge on any atom is -0.303 e. The summed E-state index contributed by atoms with van der Waals surface area (Å²) in [6.07, 6.45) is 6.84. The van der Waals surface area contributed by atoms with Crippen LogP contribution in [0.2, 0.25) is 0 Å². The normalized spacial score (nSPS) is 18.4. The Labute approximate surface area is 106 Å². The molecule has 0 amide bonds. The number of likely N-dealkylation sites (tertiary alicyclic amines) is 1. The molecule has 17 heavy (non-hydrogen) atoms. The summed E-state index contributed by atoms with van der Waals surface area (Å²) in [5, 5.41) is 0. The second-order valence-electron chi connectivity index (χ2n) is 5.31. The molecule has 0 unspecified atom stereocenters. The molecule has 1 aliphatic rings. The number of hydrogen-bond donors (Lipinski definition) is 0. The van der Waals surface area contributed by atoms with E-state index in [1.807, 2.05) is 0 Å². The highest BCUT2D eigenvalue weighted by atomic mass is 15.1. The maximum atomic E-state index is 2.64. The highest BCUT2D eigenvalue weighted by Gasteiger charge is 2.17. The first kappa shape index (κ1) is 12.6. The van der Waals surface area contributed by atoms with Crippen LogP contribution in [0.1, 0.15) is 38.2 Å². The van der Waals surface area contributed by atoms with E-state index >= 15 is 0 Å². The minimum atomic E-state index is 1.01. The van der Waals surface area contributed by atoms with Crippen molar-refractivity contribution < 1.29 is 0 Å². The molecule has 0 atom stereocenters. The molecule has 1 heteroatoms. The topological polar surface area (TPSA) is 3.24 Å². The zero-order valence-corrected chi connectivity index (χ0v) is 11.1. The Balaban J connectivity index is 1.68. The van der Waals surface area contributed by atoms with Crippen molar-refractivity contribution in [2.75, 3.05) is 19.6 Å². The van der Waals surface area contributed by atoms with Gasteiger partial charge in [0.05, 0.1) is 0 Å². The summed E-state index contributed by atoms with van der Waals surface area (Å²) in [6, 6.07) is 10.9. The van der Waals surface area contributed by atoms with Crippen molar-refractivity contribution in [2.24, 2.45) is 5.92 Å². The molecule has 1 heterocycles. The molecule has 1 aliphatic heterocycles. The summed E-state index contributed by atoms with van der Waals surface area (Å²) in [4.78, 5) is 2.64. The molecule has 1 aromatic carbocycles. The first-order valence-electron chi connectivity index (χ1n) is 7.14. The Hall–Kier alpha value is -0.820. The van der Waals surface area contributed by atoms with Crippen LogP contribution in [0, 0.1) is 5.92 Å². The van der Waals surface area contributed by atoms with Gasteiger partial charge in [0.1, 0.15) is 0 Å². The number of nitrogens with zero attached hydrogens (tertiary/aromatic N) is 1. The van der Waals surface area contributed by atoms with Crippen molar-refractivity contribution >= 4 is 0 Å². The molecule has 0 aromatic heterocycles. The van der Waals surface area contributed by atoms with Gasteiger partial charge in [-0.3, -0.25) is 0 Å². The zero-order chi connectivity index (χ0) is 11.9. The van der Waals surface area contributed by atoms with Gasteiger partial charge in [0.15, 0.2) is 0 Å². The predicted molar refractivity (Wildman–Crippen MR) is 74.2 cm³/mol. The molecule has 0 bridgehead atoms. The summed E-state index contributed by atoms with van der Waals surface area (Å²) in [6.45, 7) is 6.18. The molecule has 0 saturated carbocycles. The molecular formula is C16H25N. The van der Waals surface area contributed by atoms with E-state index in [0.29, 0.717) is 0 Å². The van der Waals surface area contributed by atoms with Gasteiger partial charge in [0.2, 0.25) is 0 Å². The third-order valence-corrected chi connectivity index (χ3v) is 3.96. The molecule has 2 rings (SSSR count). The number of rotatable bonds is 5. The smallest absolute Gasteiger partial charge is 0.00218 e. The molecule has 1 saturated heterocycles. The Morgan fingerprint density at radius 1 is 1.12 bits per heavy atom. The fourth-order valence-corrected chi connectivity index (χ4v) is 2.84. The maximum Gasteiger partial charge on any atom is 0.00218 e. The van der Waals surface area contributed by atoms with Crippen LogP contribution in [0.15, 0.2) is 30.3 Å². The lowest BCUT2D eigenvalue weighted by atomic mass is 9.92. The summed E-state index contributed by atoms with van der Waals surface area (Å²) in [5.41, 5.74) is 1.48. The average molecular weight is 231 g/mol. The van der Waals surface area contributed by atoms with Gasteiger partial charge in [-0.05, 0) is 43.8 Å². The molecular weight excluding hydrogens is 206 g/mol. The van der Waals surface area contributed by atoms with Crippen LogP contribution < -0.4 is 0 Å². The Kier molecular flexibility index (Phi) is 5.06. The molecule has 0 aliphatic carbocycles. The molecule has 0 N–H and O–H groups in total. The van der Waals surface area contributed by atoms with Crippen molar-refractivity contribution in [1.29, 1.82) is 0 Å². The largest absolute Gasteiger partial charge is 0.303 e. The highest BCUT2D eigenvalue weighted by molar-refractivity contribution is 5.14.